The molecular formula is C20H20F2N6O2. The third-order valence-corrected chi connectivity index (χ3v) is 5.47. The van der Waals surface area contributed by atoms with Gasteiger partial charge in [-0.05, 0) is 25.1 Å². The summed E-state index contributed by atoms with van der Waals surface area (Å²) in [7, 11) is 1.54. The SMILES string of the molecule is C[C@@H]1Cc2nn3c(c2CN1C(=O)Nc1ccc(F)c(C#N)c1)C(=O)N(C)C[C@@H](F)C3. The van der Waals surface area contributed by atoms with Crippen LogP contribution in [0.1, 0.15) is 34.2 Å². The lowest BCUT2D eigenvalue weighted by molar-refractivity contribution is 0.0766. The Kier molecular flexibility index (Phi) is 4.89. The molecule has 1 aromatic carbocycles. The predicted molar refractivity (Wildman–Crippen MR) is 103 cm³/mol. The minimum atomic E-state index is -1.22. The number of halogens is 2. The Morgan fingerprint density at radius 3 is 2.87 bits per heavy atom. The first-order valence-electron chi connectivity index (χ1n) is 9.53. The Labute approximate surface area is 171 Å². The molecule has 2 aliphatic heterocycles. The fourth-order valence-electron chi connectivity index (χ4n) is 3.93. The third-order valence-electron chi connectivity index (χ3n) is 5.47. The molecule has 0 bridgehead atoms. The average molecular weight is 414 g/mol. The van der Waals surface area contributed by atoms with Gasteiger partial charge >= 0.3 is 6.03 Å². The van der Waals surface area contributed by atoms with Gasteiger partial charge in [0.2, 0.25) is 0 Å². The van der Waals surface area contributed by atoms with Crippen molar-refractivity contribution in [2.24, 2.45) is 0 Å². The summed E-state index contributed by atoms with van der Waals surface area (Å²) in [6.45, 7) is 1.97. The van der Waals surface area contributed by atoms with Gasteiger partial charge in [-0.1, -0.05) is 0 Å². The molecular weight excluding hydrogens is 394 g/mol. The number of benzene rings is 1. The first kappa shape index (κ1) is 19.8. The lowest BCUT2D eigenvalue weighted by atomic mass is 9.99. The van der Waals surface area contributed by atoms with Crippen molar-refractivity contribution in [3.8, 4) is 6.07 Å². The Morgan fingerprint density at radius 2 is 2.13 bits per heavy atom. The number of anilines is 1. The van der Waals surface area contributed by atoms with Crippen LogP contribution in [0.2, 0.25) is 0 Å². The number of urea groups is 1. The number of nitrogens with one attached hydrogen (secondary N) is 1. The topological polar surface area (TPSA) is 94.3 Å². The summed E-state index contributed by atoms with van der Waals surface area (Å²) < 4.78 is 29.1. The molecule has 8 nitrogen and oxygen atoms in total. The van der Waals surface area contributed by atoms with Gasteiger partial charge in [0.05, 0.1) is 30.9 Å². The van der Waals surface area contributed by atoms with Gasteiger partial charge in [-0.15, -0.1) is 0 Å². The van der Waals surface area contributed by atoms with E-state index in [1.165, 1.54) is 21.7 Å². The highest BCUT2D eigenvalue weighted by atomic mass is 19.1. The van der Waals surface area contributed by atoms with Crippen LogP contribution in [0.15, 0.2) is 18.2 Å². The molecule has 4 rings (SSSR count). The second-order valence-electron chi connectivity index (χ2n) is 7.66. The normalized spacial score (nSPS) is 20.8. The van der Waals surface area contributed by atoms with Crippen LogP contribution in [-0.4, -0.2) is 57.3 Å². The molecule has 2 aromatic rings. The number of nitriles is 1. The van der Waals surface area contributed by atoms with Crippen LogP contribution < -0.4 is 5.32 Å². The Balaban J connectivity index is 1.61. The summed E-state index contributed by atoms with van der Waals surface area (Å²) in [5.41, 5.74) is 1.74. The van der Waals surface area contributed by atoms with Gasteiger partial charge in [0.1, 0.15) is 23.8 Å². The Morgan fingerprint density at radius 1 is 1.37 bits per heavy atom. The quantitative estimate of drug-likeness (QED) is 0.775. The monoisotopic (exact) mass is 414 g/mol. The van der Waals surface area contributed by atoms with Gasteiger partial charge < -0.3 is 15.1 Å². The van der Waals surface area contributed by atoms with E-state index in [0.29, 0.717) is 29.1 Å². The van der Waals surface area contributed by atoms with E-state index < -0.39 is 18.0 Å². The van der Waals surface area contributed by atoms with Crippen molar-refractivity contribution in [3.63, 3.8) is 0 Å². The molecule has 0 radical (unpaired) electrons. The minimum absolute atomic E-state index is 0.00843. The van der Waals surface area contributed by atoms with E-state index in [4.69, 9.17) is 5.26 Å². The van der Waals surface area contributed by atoms with E-state index in [2.05, 4.69) is 10.4 Å². The number of nitrogens with zero attached hydrogens (tertiary/aromatic N) is 5. The number of hydrogen-bond donors (Lipinski definition) is 1. The van der Waals surface area contributed by atoms with Crippen LogP contribution >= 0.6 is 0 Å². The van der Waals surface area contributed by atoms with Gasteiger partial charge in [-0.2, -0.15) is 10.4 Å². The van der Waals surface area contributed by atoms with E-state index in [0.717, 1.165) is 6.07 Å². The van der Waals surface area contributed by atoms with Crippen molar-refractivity contribution in [1.82, 2.24) is 19.6 Å². The number of rotatable bonds is 1. The number of aromatic nitrogens is 2. The van der Waals surface area contributed by atoms with Crippen molar-refractivity contribution in [3.05, 3.63) is 46.5 Å². The van der Waals surface area contributed by atoms with E-state index in [1.54, 1.807) is 18.0 Å². The van der Waals surface area contributed by atoms with Gasteiger partial charge in [0.25, 0.3) is 5.91 Å². The van der Waals surface area contributed by atoms with Crippen LogP contribution in [0.25, 0.3) is 0 Å². The molecule has 0 aliphatic carbocycles. The molecule has 3 heterocycles. The zero-order valence-electron chi connectivity index (χ0n) is 16.5. The molecule has 1 N–H and O–H groups in total. The zero-order chi connectivity index (χ0) is 21.6. The van der Waals surface area contributed by atoms with Crippen molar-refractivity contribution >= 4 is 17.6 Å². The van der Waals surface area contributed by atoms with Crippen molar-refractivity contribution in [2.75, 3.05) is 18.9 Å². The van der Waals surface area contributed by atoms with Gasteiger partial charge in [0.15, 0.2) is 0 Å². The standard InChI is InChI=1S/C20H20F2N6O2/c1-11-5-17-15(18-19(29)26(2)8-13(21)9-28(18)25-17)10-27(11)20(30)24-14-3-4-16(22)12(6-14)7-23/h3-4,6,11,13H,5,8-10H2,1-2H3,(H,24,30)/t11-,13-/m1/s1. The second kappa shape index (κ2) is 7.40. The fraction of sp³-hybridized carbons (Fsp3) is 0.400. The number of amides is 3. The van der Waals surface area contributed by atoms with E-state index in [1.807, 2.05) is 6.92 Å². The molecule has 10 heteroatoms. The van der Waals surface area contributed by atoms with Crippen molar-refractivity contribution in [1.29, 1.82) is 5.26 Å². The predicted octanol–water partition coefficient (Wildman–Crippen LogP) is 2.30. The molecule has 30 heavy (non-hydrogen) atoms. The second-order valence-corrected chi connectivity index (χ2v) is 7.66. The molecule has 2 aliphatic rings. The molecule has 0 saturated carbocycles. The maximum Gasteiger partial charge on any atom is 0.322 e. The van der Waals surface area contributed by atoms with Crippen LogP contribution in [0.5, 0.6) is 0 Å². The molecule has 0 fully saturated rings. The molecule has 2 atom stereocenters. The maximum absolute atomic E-state index is 14.1. The minimum Gasteiger partial charge on any atom is -0.337 e. The number of carbonyl (C=O) groups is 2. The number of alkyl halides is 1. The summed E-state index contributed by atoms with van der Waals surface area (Å²) in [5.74, 6) is -0.987. The highest BCUT2D eigenvalue weighted by molar-refractivity contribution is 5.95. The van der Waals surface area contributed by atoms with Crippen LogP contribution in [0.4, 0.5) is 19.3 Å². The van der Waals surface area contributed by atoms with Crippen LogP contribution in [0.3, 0.4) is 0 Å². The Bertz CT molecular complexity index is 1080. The molecule has 1 aromatic heterocycles. The van der Waals surface area contributed by atoms with Crippen LogP contribution in [0, 0.1) is 17.1 Å². The number of fused-ring (bicyclic) bond motifs is 3. The smallest absolute Gasteiger partial charge is 0.322 e. The third kappa shape index (κ3) is 3.36. The van der Waals surface area contributed by atoms with Crippen molar-refractivity contribution < 1.29 is 18.4 Å². The van der Waals surface area contributed by atoms with Crippen molar-refractivity contribution in [2.45, 2.75) is 38.6 Å². The van der Waals surface area contributed by atoms with E-state index >= 15 is 0 Å². The first-order chi connectivity index (χ1) is 14.3. The summed E-state index contributed by atoms with van der Waals surface area (Å²) in [5, 5.41) is 16.1. The van der Waals surface area contributed by atoms with E-state index in [-0.39, 0.29) is 37.1 Å². The van der Waals surface area contributed by atoms with Gasteiger partial charge in [-0.3, -0.25) is 9.48 Å². The highest BCUT2D eigenvalue weighted by Crippen LogP contribution is 2.29. The fourth-order valence-corrected chi connectivity index (χ4v) is 3.93. The average Bonchev–Trinajstić information content (AvgIpc) is 2.98. The van der Waals surface area contributed by atoms with Gasteiger partial charge in [-0.25, -0.2) is 13.6 Å². The number of hydrogen-bond acceptors (Lipinski definition) is 4. The zero-order valence-corrected chi connectivity index (χ0v) is 16.5. The lowest BCUT2D eigenvalue weighted by Crippen LogP contribution is -2.45. The Hall–Kier alpha value is -3.48. The largest absolute Gasteiger partial charge is 0.337 e. The molecule has 0 spiro atoms. The summed E-state index contributed by atoms with van der Waals surface area (Å²) in [4.78, 5) is 28.5. The first-order valence-corrected chi connectivity index (χ1v) is 9.53. The summed E-state index contributed by atoms with van der Waals surface area (Å²) in [6.07, 6.45) is -0.796. The van der Waals surface area contributed by atoms with Crippen LogP contribution in [-0.2, 0) is 19.5 Å². The molecule has 0 unspecified atom stereocenters. The number of carbonyl (C=O) groups excluding carboxylic acids is 2. The highest BCUT2D eigenvalue weighted by Gasteiger charge is 2.37. The summed E-state index contributed by atoms with van der Waals surface area (Å²) >= 11 is 0. The molecule has 156 valence electrons. The maximum atomic E-state index is 14.1. The van der Waals surface area contributed by atoms with Gasteiger partial charge in [0, 0.05) is 30.8 Å². The van der Waals surface area contributed by atoms with E-state index in [9.17, 15) is 18.4 Å². The molecule has 3 amide bonds. The lowest BCUT2D eigenvalue weighted by Gasteiger charge is -2.33. The molecule has 0 saturated heterocycles. The summed E-state index contributed by atoms with van der Waals surface area (Å²) in [6, 6.07) is 4.83.